The monoisotopic (exact) mass is 252 g/mol. The minimum Gasteiger partial charge on any atom is -0.504 e. The van der Waals surface area contributed by atoms with Crippen molar-refractivity contribution in [1.82, 2.24) is 0 Å². The summed E-state index contributed by atoms with van der Waals surface area (Å²) in [6.07, 6.45) is -0.466. The van der Waals surface area contributed by atoms with Crippen molar-refractivity contribution in [2.45, 2.75) is 27.1 Å². The largest absolute Gasteiger partial charge is 0.504 e. The van der Waals surface area contributed by atoms with Gasteiger partial charge in [0.15, 0.2) is 17.8 Å². The molecule has 0 saturated carbocycles. The Morgan fingerprint density at radius 2 is 2.00 bits per heavy atom. The molecule has 0 bridgehead atoms. The molecule has 0 atom stereocenters. The molecule has 0 spiro atoms. The number of benzene rings is 1. The van der Waals surface area contributed by atoms with E-state index >= 15 is 0 Å². The van der Waals surface area contributed by atoms with Gasteiger partial charge in [0.05, 0.1) is 25.4 Å². The summed E-state index contributed by atoms with van der Waals surface area (Å²) >= 11 is 0. The topological polar surface area (TPSA) is 47.9 Å². The molecular formula is C14H20O4. The molecule has 0 amide bonds. The van der Waals surface area contributed by atoms with Gasteiger partial charge in [-0.05, 0) is 19.1 Å². The van der Waals surface area contributed by atoms with Gasteiger partial charge < -0.3 is 19.3 Å². The highest BCUT2D eigenvalue weighted by molar-refractivity contribution is 5.46. The fraction of sp³-hybridized carbons (Fsp3) is 0.571. The van der Waals surface area contributed by atoms with E-state index in [2.05, 4.69) is 13.8 Å². The first-order valence-corrected chi connectivity index (χ1v) is 6.21. The molecule has 0 aromatic heterocycles. The maximum atomic E-state index is 9.82. The Kier molecular flexibility index (Phi) is 3.78. The zero-order valence-corrected chi connectivity index (χ0v) is 11.1. The van der Waals surface area contributed by atoms with Crippen LogP contribution in [0.15, 0.2) is 18.2 Å². The molecule has 1 aliphatic rings. The maximum Gasteiger partial charge on any atom is 0.187 e. The molecule has 2 rings (SSSR count). The first-order valence-electron chi connectivity index (χ1n) is 6.21. The molecule has 1 aromatic carbocycles. The average molecular weight is 252 g/mol. The van der Waals surface area contributed by atoms with Gasteiger partial charge in [-0.3, -0.25) is 0 Å². The van der Waals surface area contributed by atoms with Crippen molar-refractivity contribution < 1.29 is 19.3 Å². The molecule has 4 nitrogen and oxygen atoms in total. The van der Waals surface area contributed by atoms with Crippen LogP contribution in [0.5, 0.6) is 11.5 Å². The standard InChI is InChI=1S/C14H20O4/c1-4-16-12-10(6-5-7-11(12)15)13-17-8-14(2,3)9-18-13/h5-7,13,15H,4,8-9H2,1-3H3. The number of phenols is 1. The first kappa shape index (κ1) is 13.2. The highest BCUT2D eigenvalue weighted by Gasteiger charge is 2.31. The van der Waals surface area contributed by atoms with E-state index < -0.39 is 6.29 Å². The van der Waals surface area contributed by atoms with Crippen LogP contribution in [0.4, 0.5) is 0 Å². The lowest BCUT2D eigenvalue weighted by molar-refractivity contribution is -0.226. The van der Waals surface area contributed by atoms with Gasteiger partial charge in [0.2, 0.25) is 0 Å². The van der Waals surface area contributed by atoms with Crippen LogP contribution in [0.2, 0.25) is 0 Å². The first-order chi connectivity index (χ1) is 8.53. The lowest BCUT2D eigenvalue weighted by Crippen LogP contribution is -2.33. The van der Waals surface area contributed by atoms with Gasteiger partial charge in [-0.25, -0.2) is 0 Å². The molecule has 0 aliphatic carbocycles. The van der Waals surface area contributed by atoms with E-state index in [0.29, 0.717) is 25.6 Å². The lowest BCUT2D eigenvalue weighted by Gasteiger charge is -2.35. The molecule has 4 heteroatoms. The Balaban J connectivity index is 2.21. The van der Waals surface area contributed by atoms with Crippen molar-refractivity contribution in [3.8, 4) is 11.5 Å². The predicted octanol–water partition coefficient (Wildman–Crippen LogP) is 2.86. The minimum absolute atomic E-state index is 0.0269. The van der Waals surface area contributed by atoms with E-state index in [-0.39, 0.29) is 11.2 Å². The summed E-state index contributed by atoms with van der Waals surface area (Å²) < 4.78 is 16.9. The third-order valence-electron chi connectivity index (χ3n) is 2.82. The Labute approximate surface area is 107 Å². The van der Waals surface area contributed by atoms with Gasteiger partial charge in [-0.1, -0.05) is 19.9 Å². The van der Waals surface area contributed by atoms with Gasteiger partial charge in [0.1, 0.15) is 0 Å². The summed E-state index contributed by atoms with van der Waals surface area (Å²) in [7, 11) is 0. The maximum absolute atomic E-state index is 9.82. The number of aromatic hydroxyl groups is 1. The van der Waals surface area contributed by atoms with Crippen LogP contribution in [0.25, 0.3) is 0 Å². The van der Waals surface area contributed by atoms with Crippen molar-refractivity contribution in [3.05, 3.63) is 23.8 Å². The van der Waals surface area contributed by atoms with Crippen LogP contribution < -0.4 is 4.74 Å². The Morgan fingerprint density at radius 1 is 1.33 bits per heavy atom. The van der Waals surface area contributed by atoms with E-state index in [1.807, 2.05) is 13.0 Å². The summed E-state index contributed by atoms with van der Waals surface area (Å²) in [5.41, 5.74) is 0.770. The molecule has 1 saturated heterocycles. The lowest BCUT2D eigenvalue weighted by atomic mass is 9.95. The summed E-state index contributed by atoms with van der Waals surface area (Å²) in [6.45, 7) is 7.80. The summed E-state index contributed by atoms with van der Waals surface area (Å²) in [5.74, 6) is 0.566. The van der Waals surface area contributed by atoms with Crippen LogP contribution >= 0.6 is 0 Å². The fourth-order valence-corrected chi connectivity index (χ4v) is 1.90. The molecule has 1 heterocycles. The van der Waals surface area contributed by atoms with Crippen LogP contribution in [-0.2, 0) is 9.47 Å². The summed E-state index contributed by atoms with van der Waals surface area (Å²) in [5, 5.41) is 9.82. The van der Waals surface area contributed by atoms with E-state index in [0.717, 1.165) is 5.56 Å². The SMILES string of the molecule is CCOc1c(O)cccc1C1OCC(C)(C)CO1. The minimum atomic E-state index is -0.466. The third kappa shape index (κ3) is 2.76. The van der Waals surface area contributed by atoms with Gasteiger partial charge in [0.25, 0.3) is 0 Å². The van der Waals surface area contributed by atoms with Crippen molar-refractivity contribution in [1.29, 1.82) is 0 Å². The van der Waals surface area contributed by atoms with Crippen LogP contribution in [-0.4, -0.2) is 24.9 Å². The number of ether oxygens (including phenoxy) is 3. The van der Waals surface area contributed by atoms with Crippen LogP contribution in [0.3, 0.4) is 0 Å². The smallest absolute Gasteiger partial charge is 0.187 e. The molecule has 1 fully saturated rings. The molecule has 0 unspecified atom stereocenters. The van der Waals surface area contributed by atoms with E-state index in [4.69, 9.17) is 14.2 Å². The van der Waals surface area contributed by atoms with Gasteiger partial charge >= 0.3 is 0 Å². The van der Waals surface area contributed by atoms with E-state index in [1.54, 1.807) is 12.1 Å². The zero-order chi connectivity index (χ0) is 13.2. The highest BCUT2D eigenvalue weighted by Crippen LogP contribution is 2.39. The summed E-state index contributed by atoms with van der Waals surface area (Å²) in [6, 6.07) is 5.22. The predicted molar refractivity (Wildman–Crippen MR) is 67.7 cm³/mol. The second kappa shape index (κ2) is 5.16. The van der Waals surface area contributed by atoms with E-state index in [1.165, 1.54) is 0 Å². The third-order valence-corrected chi connectivity index (χ3v) is 2.82. The second-order valence-electron chi connectivity index (χ2n) is 5.25. The van der Waals surface area contributed by atoms with Crippen LogP contribution in [0, 0.1) is 5.41 Å². The molecule has 1 N–H and O–H groups in total. The van der Waals surface area contributed by atoms with Crippen molar-refractivity contribution in [2.75, 3.05) is 19.8 Å². The average Bonchev–Trinajstić information content (AvgIpc) is 2.32. The number of rotatable bonds is 3. The number of para-hydroxylation sites is 1. The molecule has 0 radical (unpaired) electrons. The van der Waals surface area contributed by atoms with Gasteiger partial charge in [-0.15, -0.1) is 0 Å². The molecule has 18 heavy (non-hydrogen) atoms. The second-order valence-corrected chi connectivity index (χ2v) is 5.25. The van der Waals surface area contributed by atoms with Gasteiger partial charge in [-0.2, -0.15) is 0 Å². The summed E-state index contributed by atoms with van der Waals surface area (Å²) in [4.78, 5) is 0. The van der Waals surface area contributed by atoms with Crippen LogP contribution in [0.1, 0.15) is 32.6 Å². The molecular weight excluding hydrogens is 232 g/mol. The number of hydrogen-bond donors (Lipinski definition) is 1. The number of phenolic OH excluding ortho intramolecular Hbond substituents is 1. The van der Waals surface area contributed by atoms with Crippen molar-refractivity contribution in [2.24, 2.45) is 5.41 Å². The van der Waals surface area contributed by atoms with Crippen molar-refractivity contribution in [3.63, 3.8) is 0 Å². The molecule has 100 valence electrons. The normalized spacial score (nSPS) is 19.7. The quantitative estimate of drug-likeness (QED) is 0.898. The Morgan fingerprint density at radius 3 is 2.61 bits per heavy atom. The molecule has 1 aliphatic heterocycles. The molecule has 1 aromatic rings. The Hall–Kier alpha value is -1.26. The Bertz CT molecular complexity index is 404. The fourth-order valence-electron chi connectivity index (χ4n) is 1.90. The van der Waals surface area contributed by atoms with Gasteiger partial charge in [0, 0.05) is 5.41 Å². The zero-order valence-electron chi connectivity index (χ0n) is 11.1. The van der Waals surface area contributed by atoms with Crippen molar-refractivity contribution >= 4 is 0 Å². The highest BCUT2D eigenvalue weighted by atomic mass is 16.7. The van der Waals surface area contributed by atoms with E-state index in [9.17, 15) is 5.11 Å². The number of hydrogen-bond acceptors (Lipinski definition) is 4.